The van der Waals surface area contributed by atoms with Crippen molar-refractivity contribution in [3.8, 4) is 34.8 Å². The summed E-state index contributed by atoms with van der Waals surface area (Å²) in [5, 5.41) is 7.53. The van der Waals surface area contributed by atoms with Gasteiger partial charge in [-0.15, -0.1) is 10.2 Å². The van der Waals surface area contributed by atoms with Crippen LogP contribution in [0.4, 0.5) is 5.95 Å². The number of hydrogen-bond donors (Lipinski definition) is 1. The van der Waals surface area contributed by atoms with Gasteiger partial charge < -0.3 is 18.9 Å². The Morgan fingerprint density at radius 1 is 1.03 bits per heavy atom. The molecule has 0 aliphatic heterocycles. The van der Waals surface area contributed by atoms with Crippen molar-refractivity contribution in [1.29, 1.82) is 0 Å². The third-order valence-corrected chi connectivity index (χ3v) is 8.46. The Hall–Kier alpha value is -3.52. The number of nitrogens with zero attached hydrogens (tertiary/aromatic N) is 6. The maximum atomic E-state index is 13.6. The number of sulfonamides is 1. The molecule has 3 aromatic heterocycles. The second-order valence-electron chi connectivity index (χ2n) is 9.87. The van der Waals surface area contributed by atoms with Crippen LogP contribution in [-0.2, 0) is 14.8 Å². The van der Waals surface area contributed by atoms with Crippen LogP contribution in [0.1, 0.15) is 33.6 Å². The van der Waals surface area contributed by atoms with E-state index in [9.17, 15) is 8.42 Å². The van der Waals surface area contributed by atoms with Gasteiger partial charge in [-0.2, -0.15) is 9.97 Å². The Morgan fingerprint density at radius 2 is 1.68 bits per heavy atom. The van der Waals surface area contributed by atoms with E-state index in [1.807, 2.05) is 0 Å². The van der Waals surface area contributed by atoms with Crippen LogP contribution < -0.4 is 18.9 Å². The van der Waals surface area contributed by atoms with Crippen LogP contribution >= 0.6 is 0 Å². The monoisotopic (exact) mass is 547 g/mol. The third-order valence-electron chi connectivity index (χ3n) is 6.74. The van der Waals surface area contributed by atoms with Crippen molar-refractivity contribution in [3.63, 3.8) is 0 Å². The van der Waals surface area contributed by atoms with Crippen LogP contribution in [-0.4, -0.2) is 77.9 Å². The van der Waals surface area contributed by atoms with Crippen molar-refractivity contribution in [1.82, 2.24) is 29.7 Å². The molecule has 0 saturated heterocycles. The Morgan fingerprint density at radius 3 is 2.24 bits per heavy atom. The van der Waals surface area contributed by atoms with Gasteiger partial charge in [-0.25, -0.2) is 18.0 Å². The second kappa shape index (κ2) is 10.7. The molecule has 2 atom stereocenters. The zero-order valence-electron chi connectivity index (χ0n) is 22.5. The quantitative estimate of drug-likeness (QED) is 0.377. The molecule has 4 rings (SSSR count). The molecule has 0 unspecified atom stereocenters. The fourth-order valence-electron chi connectivity index (χ4n) is 4.97. The molecular formula is C24H33N7O6S. The fourth-order valence-corrected chi connectivity index (χ4v) is 6.23. The van der Waals surface area contributed by atoms with Crippen LogP contribution in [0.3, 0.4) is 0 Å². The maximum absolute atomic E-state index is 13.6. The van der Waals surface area contributed by atoms with E-state index in [0.29, 0.717) is 11.6 Å². The first-order valence-electron chi connectivity index (χ1n) is 12.0. The predicted molar refractivity (Wildman–Crippen MR) is 139 cm³/mol. The van der Waals surface area contributed by atoms with Crippen molar-refractivity contribution in [2.75, 3.05) is 33.2 Å². The molecule has 0 bridgehead atoms. The highest BCUT2D eigenvalue weighted by Gasteiger charge is 2.45. The molecule has 14 heteroatoms. The lowest BCUT2D eigenvalue weighted by atomic mass is 9.62. The molecule has 3 heterocycles. The van der Waals surface area contributed by atoms with E-state index in [-0.39, 0.29) is 40.6 Å². The number of methoxy groups -OCH3 is 4. The summed E-state index contributed by atoms with van der Waals surface area (Å²) < 4.78 is 53.1. The van der Waals surface area contributed by atoms with E-state index >= 15 is 0 Å². The van der Waals surface area contributed by atoms with E-state index in [0.717, 1.165) is 12.8 Å². The first-order valence-corrected chi connectivity index (χ1v) is 13.5. The van der Waals surface area contributed by atoms with Gasteiger partial charge in [0.05, 0.1) is 27.4 Å². The van der Waals surface area contributed by atoms with E-state index in [1.54, 1.807) is 25.1 Å². The number of aromatic nitrogens is 6. The highest BCUT2D eigenvalue weighted by atomic mass is 32.2. The molecule has 1 saturated carbocycles. The van der Waals surface area contributed by atoms with Gasteiger partial charge in [0.1, 0.15) is 17.3 Å². The lowest BCUT2D eigenvalue weighted by Gasteiger charge is -2.47. The molecule has 0 radical (unpaired) electrons. The van der Waals surface area contributed by atoms with E-state index in [4.69, 9.17) is 18.9 Å². The third kappa shape index (κ3) is 5.23. The van der Waals surface area contributed by atoms with Gasteiger partial charge in [0.2, 0.25) is 33.6 Å². The molecule has 1 aliphatic rings. The second-order valence-corrected chi connectivity index (χ2v) is 11.9. The molecule has 0 amide bonds. The van der Waals surface area contributed by atoms with Gasteiger partial charge in [-0.3, -0.25) is 4.72 Å². The largest absolute Gasteiger partial charge is 0.481 e. The summed E-state index contributed by atoms with van der Waals surface area (Å²) in [6, 6.07) is 5.09. The first kappa shape index (κ1) is 27.5. The maximum Gasteiger partial charge on any atom is 0.245 e. The Balaban J connectivity index is 1.81. The lowest BCUT2D eigenvalue weighted by molar-refractivity contribution is -0.0367. The fraction of sp³-hybridized carbons (Fsp3) is 0.542. The number of nitrogens with one attached hydrogen (secondary N) is 1. The molecule has 0 spiro atoms. The molecule has 206 valence electrons. The Labute approximate surface area is 222 Å². The molecule has 1 fully saturated rings. The van der Waals surface area contributed by atoms with Crippen LogP contribution in [0.15, 0.2) is 24.5 Å². The normalized spacial score (nSPS) is 16.8. The molecular weight excluding hydrogens is 514 g/mol. The number of rotatable bonds is 11. The molecule has 1 aliphatic carbocycles. The highest BCUT2D eigenvalue weighted by molar-refractivity contribution is 7.93. The van der Waals surface area contributed by atoms with Crippen molar-refractivity contribution in [3.05, 3.63) is 24.5 Å². The summed E-state index contributed by atoms with van der Waals surface area (Å²) in [6.07, 6.45) is 2.52. The standard InChI is InChI=1S/C24H33N7O6S/c1-14(19(35-5)15-11-24(2,3)12-15)38(32,33)30-23-29-28-20(16-9-8-10-17(27-16)34-4)31(23)18-21(36-6)25-13-26-22(18)37-7/h8-10,13-15,19H,11-12H2,1-7H3,(H,29,30)/t14-,19-/m1/s1. The SMILES string of the molecule is COc1cccc(-c2nnc(NS(=O)(=O)[C@H](C)[C@@H](OC)C3CC(C)(C)C3)n2-c2c(OC)ncnc2OC)n1. The van der Waals surface area contributed by atoms with Crippen molar-refractivity contribution in [2.24, 2.45) is 11.3 Å². The van der Waals surface area contributed by atoms with Gasteiger partial charge in [0.15, 0.2) is 11.5 Å². The summed E-state index contributed by atoms with van der Waals surface area (Å²) >= 11 is 0. The van der Waals surface area contributed by atoms with Gasteiger partial charge >= 0.3 is 0 Å². The van der Waals surface area contributed by atoms with E-state index in [1.165, 1.54) is 39.3 Å². The molecule has 3 aromatic rings. The highest BCUT2D eigenvalue weighted by Crippen LogP contribution is 2.48. The van der Waals surface area contributed by atoms with Crippen molar-refractivity contribution < 1.29 is 27.4 Å². The van der Waals surface area contributed by atoms with Gasteiger partial charge in [0.25, 0.3) is 0 Å². The summed E-state index contributed by atoms with van der Waals surface area (Å²) in [4.78, 5) is 12.8. The van der Waals surface area contributed by atoms with Crippen molar-refractivity contribution >= 4 is 16.0 Å². The predicted octanol–water partition coefficient (Wildman–Crippen LogP) is 2.73. The minimum absolute atomic E-state index is 0.112. The summed E-state index contributed by atoms with van der Waals surface area (Å²) in [5.41, 5.74) is 0.712. The summed E-state index contributed by atoms with van der Waals surface area (Å²) in [7, 11) is 1.88. The van der Waals surface area contributed by atoms with E-state index < -0.39 is 21.4 Å². The van der Waals surface area contributed by atoms with Gasteiger partial charge in [-0.05, 0) is 37.2 Å². The zero-order valence-corrected chi connectivity index (χ0v) is 23.3. The molecule has 1 N–H and O–H groups in total. The topological polar surface area (TPSA) is 152 Å². The number of hydrogen-bond acceptors (Lipinski definition) is 11. The van der Waals surface area contributed by atoms with Crippen LogP contribution in [0, 0.1) is 11.3 Å². The summed E-state index contributed by atoms with van der Waals surface area (Å²) in [6.45, 7) is 5.94. The number of ether oxygens (including phenoxy) is 4. The van der Waals surface area contributed by atoms with E-state index in [2.05, 4.69) is 43.7 Å². The molecule has 0 aromatic carbocycles. The Bertz CT molecular complexity index is 1360. The minimum atomic E-state index is -4.00. The zero-order chi connectivity index (χ0) is 27.7. The number of pyridine rings is 1. The van der Waals surface area contributed by atoms with Crippen LogP contribution in [0.5, 0.6) is 17.6 Å². The average molecular weight is 548 g/mol. The summed E-state index contributed by atoms with van der Waals surface area (Å²) in [5.74, 6) is 0.749. The number of anilines is 1. The molecule has 13 nitrogen and oxygen atoms in total. The smallest absolute Gasteiger partial charge is 0.245 e. The first-order chi connectivity index (χ1) is 18.0. The average Bonchev–Trinajstić information content (AvgIpc) is 3.29. The van der Waals surface area contributed by atoms with Gasteiger partial charge in [0, 0.05) is 13.2 Å². The molecule has 38 heavy (non-hydrogen) atoms. The van der Waals surface area contributed by atoms with Gasteiger partial charge in [-0.1, -0.05) is 19.9 Å². The van der Waals surface area contributed by atoms with Crippen LogP contribution in [0.2, 0.25) is 0 Å². The lowest BCUT2D eigenvalue weighted by Crippen LogP contribution is -2.48. The minimum Gasteiger partial charge on any atom is -0.481 e. The van der Waals surface area contributed by atoms with Crippen LogP contribution in [0.25, 0.3) is 17.2 Å². The van der Waals surface area contributed by atoms with Crippen molar-refractivity contribution in [2.45, 2.75) is 45.0 Å². The Kier molecular flexibility index (Phi) is 7.74.